The van der Waals surface area contributed by atoms with Crippen LogP contribution < -0.4 is 10.2 Å². The monoisotopic (exact) mass is 448 g/mol. The zero-order valence-electron chi connectivity index (χ0n) is 19.3. The Labute approximate surface area is 193 Å². The van der Waals surface area contributed by atoms with Gasteiger partial charge in [-0.2, -0.15) is 9.65 Å². The van der Waals surface area contributed by atoms with Gasteiger partial charge in [-0.3, -0.25) is 0 Å². The summed E-state index contributed by atoms with van der Waals surface area (Å²) in [5.41, 5.74) is 3.96. The van der Waals surface area contributed by atoms with E-state index in [1.165, 1.54) is 12.3 Å². The van der Waals surface area contributed by atoms with Crippen LogP contribution in [0.2, 0.25) is 0 Å². The van der Waals surface area contributed by atoms with E-state index < -0.39 is 5.95 Å². The molecule has 0 bridgehead atoms. The van der Waals surface area contributed by atoms with Gasteiger partial charge >= 0.3 is 0 Å². The van der Waals surface area contributed by atoms with Gasteiger partial charge in [-0.15, -0.1) is 10.2 Å². The first kappa shape index (κ1) is 22.7. The van der Waals surface area contributed by atoms with Crippen LogP contribution in [0.5, 0.6) is 0 Å². The van der Waals surface area contributed by atoms with Crippen LogP contribution in [0.15, 0.2) is 36.8 Å². The Hall–Kier alpha value is -3.51. The number of aromatic nitrogens is 4. The third-order valence-corrected chi connectivity index (χ3v) is 6.13. The number of halogens is 1. The van der Waals surface area contributed by atoms with Gasteiger partial charge < -0.3 is 19.7 Å². The van der Waals surface area contributed by atoms with Gasteiger partial charge in [0.15, 0.2) is 0 Å². The van der Waals surface area contributed by atoms with E-state index in [9.17, 15) is 9.65 Å². The standard InChI is InChI=1S/C24H29FN8/c1-31(2)13-10-27-21-6-5-19(18-4-7-22(25)28-15-18)23(20(21)14-26)33-11-8-17(9-12-33)24-30-29-16-32(24)3/h4-7,15-17,27H,8-13H2,1-3H3. The number of piperidine rings is 1. The van der Waals surface area contributed by atoms with Gasteiger partial charge in [0.25, 0.3) is 0 Å². The first-order chi connectivity index (χ1) is 16.0. The van der Waals surface area contributed by atoms with Crippen molar-refractivity contribution in [3.8, 4) is 17.2 Å². The highest BCUT2D eigenvalue weighted by Crippen LogP contribution is 2.40. The topological polar surface area (TPSA) is 85.9 Å². The summed E-state index contributed by atoms with van der Waals surface area (Å²) < 4.78 is 15.5. The molecular weight excluding hydrogens is 419 g/mol. The molecule has 2 aromatic heterocycles. The second-order valence-corrected chi connectivity index (χ2v) is 8.66. The predicted molar refractivity (Wildman–Crippen MR) is 127 cm³/mol. The Morgan fingerprint density at radius 3 is 2.61 bits per heavy atom. The summed E-state index contributed by atoms with van der Waals surface area (Å²) in [7, 11) is 6.01. The third kappa shape index (κ3) is 4.96. The van der Waals surface area contributed by atoms with Gasteiger partial charge in [0, 0.05) is 56.5 Å². The average Bonchev–Trinajstić information content (AvgIpc) is 3.25. The third-order valence-electron chi connectivity index (χ3n) is 6.13. The SMILES string of the molecule is CN(C)CCNc1ccc(-c2ccc(F)nc2)c(N2CCC(c3nncn3C)CC2)c1C#N. The van der Waals surface area contributed by atoms with Crippen LogP contribution in [-0.4, -0.2) is 64.9 Å². The lowest BCUT2D eigenvalue weighted by Gasteiger charge is -2.35. The summed E-state index contributed by atoms with van der Waals surface area (Å²) in [5.74, 6) is 0.807. The van der Waals surface area contributed by atoms with Crippen molar-refractivity contribution in [2.45, 2.75) is 18.8 Å². The maximum absolute atomic E-state index is 13.5. The number of nitrogens with zero attached hydrogens (tertiary/aromatic N) is 7. The molecule has 1 N–H and O–H groups in total. The molecule has 33 heavy (non-hydrogen) atoms. The zero-order chi connectivity index (χ0) is 23.4. The van der Waals surface area contributed by atoms with Crippen LogP contribution in [0, 0.1) is 17.3 Å². The molecule has 3 heterocycles. The number of aryl methyl sites for hydroxylation is 1. The van der Waals surface area contributed by atoms with Gasteiger partial charge in [-0.25, -0.2) is 4.98 Å². The molecule has 0 aliphatic carbocycles. The summed E-state index contributed by atoms with van der Waals surface area (Å²) in [6.45, 7) is 3.16. The quantitative estimate of drug-likeness (QED) is 0.555. The molecule has 9 heteroatoms. The van der Waals surface area contributed by atoms with Gasteiger partial charge in [0.05, 0.1) is 16.9 Å². The zero-order valence-corrected chi connectivity index (χ0v) is 19.3. The van der Waals surface area contributed by atoms with Crippen LogP contribution >= 0.6 is 0 Å². The molecule has 8 nitrogen and oxygen atoms in total. The molecule has 172 valence electrons. The van der Waals surface area contributed by atoms with E-state index >= 15 is 0 Å². The smallest absolute Gasteiger partial charge is 0.212 e. The van der Waals surface area contributed by atoms with Crippen molar-refractivity contribution in [3.05, 3.63) is 54.1 Å². The molecule has 0 unspecified atom stereocenters. The predicted octanol–water partition coefficient (Wildman–Crippen LogP) is 3.25. The molecule has 0 spiro atoms. The number of hydrogen-bond acceptors (Lipinski definition) is 7. The van der Waals surface area contributed by atoms with Crippen molar-refractivity contribution in [2.24, 2.45) is 7.05 Å². The van der Waals surface area contributed by atoms with Crippen LogP contribution in [0.3, 0.4) is 0 Å². The first-order valence-corrected chi connectivity index (χ1v) is 11.1. The van der Waals surface area contributed by atoms with E-state index in [1.807, 2.05) is 37.8 Å². The van der Waals surface area contributed by atoms with Crippen LogP contribution in [-0.2, 0) is 7.05 Å². The summed E-state index contributed by atoms with van der Waals surface area (Å²) >= 11 is 0. The highest BCUT2D eigenvalue weighted by molar-refractivity contribution is 5.87. The number of benzene rings is 1. The highest BCUT2D eigenvalue weighted by Gasteiger charge is 2.28. The summed E-state index contributed by atoms with van der Waals surface area (Å²) in [6.07, 6.45) is 5.09. The lowest BCUT2D eigenvalue weighted by atomic mass is 9.92. The Balaban J connectivity index is 1.68. The molecule has 0 amide bonds. The van der Waals surface area contributed by atoms with Gasteiger partial charge in [-0.05, 0) is 45.1 Å². The van der Waals surface area contributed by atoms with Crippen molar-refractivity contribution in [2.75, 3.05) is 50.5 Å². The Morgan fingerprint density at radius 2 is 2.00 bits per heavy atom. The number of rotatable bonds is 7. The fourth-order valence-electron chi connectivity index (χ4n) is 4.39. The molecule has 0 atom stereocenters. The fourth-order valence-corrected chi connectivity index (χ4v) is 4.39. The van der Waals surface area contributed by atoms with E-state index in [0.29, 0.717) is 11.5 Å². The van der Waals surface area contributed by atoms with Gasteiger partial charge in [0.1, 0.15) is 18.2 Å². The minimum Gasteiger partial charge on any atom is -0.383 e. The summed E-state index contributed by atoms with van der Waals surface area (Å²) in [6, 6.07) is 9.43. The maximum Gasteiger partial charge on any atom is 0.212 e. The minimum absolute atomic E-state index is 0.330. The van der Waals surface area contributed by atoms with Crippen molar-refractivity contribution >= 4 is 11.4 Å². The van der Waals surface area contributed by atoms with E-state index in [-0.39, 0.29) is 0 Å². The van der Waals surface area contributed by atoms with Crippen molar-refractivity contribution in [1.29, 1.82) is 5.26 Å². The van der Waals surface area contributed by atoms with Crippen molar-refractivity contribution in [3.63, 3.8) is 0 Å². The van der Waals surface area contributed by atoms with Gasteiger partial charge in [-0.1, -0.05) is 6.07 Å². The molecule has 1 aliphatic rings. The molecule has 1 aromatic carbocycles. The Morgan fingerprint density at radius 1 is 1.21 bits per heavy atom. The Bertz CT molecular complexity index is 1120. The molecular formula is C24H29FN8. The van der Waals surface area contributed by atoms with E-state index in [4.69, 9.17) is 0 Å². The summed E-state index contributed by atoms with van der Waals surface area (Å²) in [5, 5.41) is 21.9. The molecule has 1 saturated heterocycles. The second kappa shape index (κ2) is 9.96. The lowest BCUT2D eigenvalue weighted by Crippen LogP contribution is -2.34. The lowest BCUT2D eigenvalue weighted by molar-refractivity contribution is 0.425. The average molecular weight is 449 g/mol. The number of anilines is 2. The van der Waals surface area contributed by atoms with Gasteiger partial charge in [0.2, 0.25) is 5.95 Å². The van der Waals surface area contributed by atoms with Crippen molar-refractivity contribution < 1.29 is 4.39 Å². The number of nitrogens with one attached hydrogen (secondary N) is 1. The van der Waals surface area contributed by atoms with Crippen LogP contribution in [0.4, 0.5) is 15.8 Å². The normalized spacial score (nSPS) is 14.5. The summed E-state index contributed by atoms with van der Waals surface area (Å²) in [4.78, 5) is 8.20. The largest absolute Gasteiger partial charge is 0.383 e. The molecule has 1 fully saturated rings. The molecule has 4 rings (SSSR count). The highest BCUT2D eigenvalue weighted by atomic mass is 19.1. The number of hydrogen-bond donors (Lipinski definition) is 1. The fraction of sp³-hybridized carbons (Fsp3) is 0.417. The first-order valence-electron chi connectivity index (χ1n) is 11.1. The maximum atomic E-state index is 13.5. The van der Waals surface area contributed by atoms with E-state index in [2.05, 4.69) is 36.4 Å². The number of nitriles is 1. The molecule has 1 aliphatic heterocycles. The Kier molecular flexibility index (Phi) is 6.84. The second-order valence-electron chi connectivity index (χ2n) is 8.66. The van der Waals surface area contributed by atoms with E-state index in [1.54, 1.807) is 12.4 Å². The minimum atomic E-state index is -0.521. The number of pyridine rings is 1. The van der Waals surface area contributed by atoms with Crippen molar-refractivity contribution in [1.82, 2.24) is 24.6 Å². The molecule has 3 aromatic rings. The number of likely N-dealkylation sites (N-methyl/N-ethyl adjacent to an activating group) is 1. The van der Waals surface area contributed by atoms with Crippen LogP contribution in [0.25, 0.3) is 11.1 Å². The molecule has 0 saturated carbocycles. The van der Waals surface area contributed by atoms with E-state index in [0.717, 1.165) is 67.3 Å². The van der Waals surface area contributed by atoms with Crippen LogP contribution in [0.1, 0.15) is 30.1 Å². The molecule has 0 radical (unpaired) electrons.